The summed E-state index contributed by atoms with van der Waals surface area (Å²) in [6.07, 6.45) is 0.108. The van der Waals surface area contributed by atoms with Crippen LogP contribution in [0.1, 0.15) is 12.5 Å². The second-order valence-corrected chi connectivity index (χ2v) is 9.51. The van der Waals surface area contributed by atoms with Crippen molar-refractivity contribution in [3.05, 3.63) is 127 Å². The Morgan fingerprint density at radius 2 is 1.06 bits per heavy atom. The molecule has 0 N–H and O–H groups in total. The Morgan fingerprint density at radius 3 is 1.81 bits per heavy atom. The van der Waals surface area contributed by atoms with Crippen molar-refractivity contribution in [3.63, 3.8) is 0 Å². The molecule has 1 aromatic heterocycles. The zero-order valence-corrected chi connectivity index (χ0v) is 20.5. The Kier molecular flexibility index (Phi) is 4.65. The Bertz CT molecular complexity index is 1730. The van der Waals surface area contributed by atoms with Gasteiger partial charge in [0.15, 0.2) is 0 Å². The topological polar surface area (TPSA) is 11.4 Å². The van der Waals surface area contributed by atoms with Crippen LogP contribution < -0.4 is 9.80 Å². The van der Waals surface area contributed by atoms with E-state index < -0.39 is 0 Å². The molecule has 0 spiro atoms. The Balaban J connectivity index is 1.54. The van der Waals surface area contributed by atoms with E-state index in [1.165, 1.54) is 55.8 Å². The first-order valence-electron chi connectivity index (χ1n) is 12.5. The lowest BCUT2D eigenvalue weighted by Gasteiger charge is -2.32. The number of rotatable bonds is 3. The monoisotopic (exact) mass is 465 g/mol. The van der Waals surface area contributed by atoms with Crippen LogP contribution in [0, 0.1) is 6.92 Å². The minimum absolute atomic E-state index is 0.108. The number of para-hydroxylation sites is 6. The first kappa shape index (κ1) is 20.8. The molecule has 0 aliphatic carbocycles. The average molecular weight is 466 g/mol. The highest BCUT2D eigenvalue weighted by Gasteiger charge is 2.36. The third-order valence-electron chi connectivity index (χ3n) is 7.47. The van der Waals surface area contributed by atoms with E-state index in [1.807, 2.05) is 0 Å². The van der Waals surface area contributed by atoms with Crippen molar-refractivity contribution in [1.82, 2.24) is 4.57 Å². The number of aryl methyl sites for hydroxylation is 1. The van der Waals surface area contributed by atoms with Gasteiger partial charge in [0.2, 0.25) is 0 Å². The van der Waals surface area contributed by atoms with Crippen molar-refractivity contribution < 1.29 is 0 Å². The second-order valence-electron chi connectivity index (χ2n) is 9.51. The highest BCUT2D eigenvalue weighted by Crippen LogP contribution is 2.50. The number of hydrogen-bond donors (Lipinski definition) is 0. The smallest absolute Gasteiger partial charge is 0.108 e. The molecule has 174 valence electrons. The summed E-state index contributed by atoms with van der Waals surface area (Å²) >= 11 is 0. The van der Waals surface area contributed by atoms with Gasteiger partial charge in [0.05, 0.1) is 28.1 Å². The molecule has 36 heavy (non-hydrogen) atoms. The summed E-state index contributed by atoms with van der Waals surface area (Å²) in [5, 5.41) is 2.54. The summed E-state index contributed by atoms with van der Waals surface area (Å²) in [5.41, 5.74) is 9.83. The molecular weight excluding hydrogens is 438 g/mol. The predicted molar refractivity (Wildman–Crippen MR) is 152 cm³/mol. The van der Waals surface area contributed by atoms with Gasteiger partial charge in [-0.3, -0.25) is 0 Å². The predicted octanol–water partition coefficient (Wildman–Crippen LogP) is 8.73. The molecule has 6 aromatic rings. The molecule has 0 unspecified atom stereocenters. The number of fused-ring (bicyclic) bond motifs is 4. The van der Waals surface area contributed by atoms with Gasteiger partial charge in [-0.25, -0.2) is 0 Å². The maximum Gasteiger partial charge on any atom is 0.108 e. The van der Waals surface area contributed by atoms with E-state index in [0.29, 0.717) is 0 Å². The Morgan fingerprint density at radius 1 is 0.500 bits per heavy atom. The van der Waals surface area contributed by atoms with Crippen molar-refractivity contribution in [2.75, 3.05) is 9.80 Å². The van der Waals surface area contributed by atoms with Gasteiger partial charge in [-0.15, -0.1) is 0 Å². The van der Waals surface area contributed by atoms with Crippen molar-refractivity contribution in [3.8, 4) is 5.69 Å². The second kappa shape index (κ2) is 8.03. The minimum Gasteiger partial charge on any atom is -0.318 e. The summed E-state index contributed by atoms with van der Waals surface area (Å²) in [5.74, 6) is 0. The van der Waals surface area contributed by atoms with E-state index in [0.717, 1.165) is 0 Å². The van der Waals surface area contributed by atoms with Crippen LogP contribution >= 0.6 is 0 Å². The van der Waals surface area contributed by atoms with E-state index >= 15 is 0 Å². The molecule has 0 fully saturated rings. The van der Waals surface area contributed by atoms with Crippen LogP contribution in [0.25, 0.3) is 27.5 Å². The van der Waals surface area contributed by atoms with Gasteiger partial charge in [-0.1, -0.05) is 78.9 Å². The first-order valence-corrected chi connectivity index (χ1v) is 12.5. The number of anilines is 4. The van der Waals surface area contributed by atoms with Gasteiger partial charge in [-0.05, 0) is 61.9 Å². The van der Waals surface area contributed by atoms with E-state index in [2.05, 4.69) is 150 Å². The maximum atomic E-state index is 2.50. The summed E-state index contributed by atoms with van der Waals surface area (Å²) < 4.78 is 2.42. The summed E-state index contributed by atoms with van der Waals surface area (Å²) in [6, 6.07) is 43.6. The number of hydrogen-bond acceptors (Lipinski definition) is 2. The fourth-order valence-corrected chi connectivity index (χ4v) is 5.93. The van der Waals surface area contributed by atoms with Gasteiger partial charge in [0, 0.05) is 22.1 Å². The number of nitrogens with zero attached hydrogens (tertiary/aromatic N) is 3. The minimum atomic E-state index is 0.108. The van der Waals surface area contributed by atoms with E-state index in [4.69, 9.17) is 0 Å². The van der Waals surface area contributed by atoms with E-state index in [9.17, 15) is 0 Å². The average Bonchev–Trinajstić information content (AvgIpc) is 3.41. The SMILES string of the molecule is Cc1ccccc1N1c2ccccc2N(c2cccc3c4ccccc4n(-c4ccccc4)c23)[C@@H]1C. The summed E-state index contributed by atoms with van der Waals surface area (Å²) in [7, 11) is 0. The summed E-state index contributed by atoms with van der Waals surface area (Å²) in [6.45, 7) is 4.50. The first-order chi connectivity index (χ1) is 17.7. The molecule has 0 radical (unpaired) electrons. The molecule has 3 nitrogen and oxygen atoms in total. The number of benzene rings is 5. The molecule has 0 amide bonds. The van der Waals surface area contributed by atoms with Crippen LogP contribution in [0.5, 0.6) is 0 Å². The Hall–Kier alpha value is -4.50. The van der Waals surface area contributed by atoms with Crippen LogP contribution in [0.4, 0.5) is 22.7 Å². The molecule has 1 aliphatic rings. The molecule has 5 aromatic carbocycles. The molecule has 0 saturated heterocycles. The lowest BCUT2D eigenvalue weighted by molar-refractivity contribution is 0.760. The summed E-state index contributed by atoms with van der Waals surface area (Å²) in [4.78, 5) is 4.97. The van der Waals surface area contributed by atoms with Crippen molar-refractivity contribution in [1.29, 1.82) is 0 Å². The van der Waals surface area contributed by atoms with Gasteiger partial charge >= 0.3 is 0 Å². The van der Waals surface area contributed by atoms with E-state index in [-0.39, 0.29) is 6.17 Å². The van der Waals surface area contributed by atoms with Gasteiger partial charge in [0.1, 0.15) is 6.17 Å². The maximum absolute atomic E-state index is 2.50. The van der Waals surface area contributed by atoms with Gasteiger partial charge < -0.3 is 14.4 Å². The highest BCUT2D eigenvalue weighted by molar-refractivity contribution is 6.14. The molecule has 1 atom stereocenters. The molecule has 0 saturated carbocycles. The fraction of sp³-hybridized carbons (Fsp3) is 0.0909. The number of aromatic nitrogens is 1. The highest BCUT2D eigenvalue weighted by atomic mass is 15.4. The molecule has 2 heterocycles. The van der Waals surface area contributed by atoms with Crippen molar-refractivity contribution in [2.45, 2.75) is 20.0 Å². The standard InChI is InChI=1S/C33H27N3/c1-23-13-6-8-18-28(23)34-24(2)35(31-21-11-10-20-30(31)34)32-22-12-17-27-26-16-7-9-19-29(26)36(33(27)32)25-14-4-3-5-15-25/h3-22,24H,1-2H3/t24-/m1/s1. The zero-order valence-electron chi connectivity index (χ0n) is 20.5. The van der Waals surface area contributed by atoms with Crippen LogP contribution in [-0.2, 0) is 0 Å². The van der Waals surface area contributed by atoms with Crippen LogP contribution in [0.2, 0.25) is 0 Å². The molecule has 7 rings (SSSR count). The van der Waals surface area contributed by atoms with E-state index in [1.54, 1.807) is 0 Å². The molecule has 3 heteroatoms. The van der Waals surface area contributed by atoms with Crippen LogP contribution in [-0.4, -0.2) is 10.7 Å². The van der Waals surface area contributed by atoms with Gasteiger partial charge in [0.25, 0.3) is 0 Å². The van der Waals surface area contributed by atoms with Crippen molar-refractivity contribution in [2.24, 2.45) is 0 Å². The van der Waals surface area contributed by atoms with Crippen LogP contribution in [0.15, 0.2) is 121 Å². The third kappa shape index (κ3) is 2.93. The fourth-order valence-electron chi connectivity index (χ4n) is 5.93. The van der Waals surface area contributed by atoms with Gasteiger partial charge in [-0.2, -0.15) is 0 Å². The normalized spacial score (nSPS) is 15.1. The zero-order chi connectivity index (χ0) is 24.2. The van der Waals surface area contributed by atoms with Crippen LogP contribution in [0.3, 0.4) is 0 Å². The molecular formula is C33H27N3. The Labute approximate surface area is 211 Å². The largest absolute Gasteiger partial charge is 0.318 e. The lowest BCUT2D eigenvalue weighted by Crippen LogP contribution is -2.35. The molecule has 1 aliphatic heterocycles. The molecule has 0 bridgehead atoms. The van der Waals surface area contributed by atoms with Crippen molar-refractivity contribution >= 4 is 44.6 Å². The lowest BCUT2D eigenvalue weighted by atomic mass is 10.1. The quantitative estimate of drug-likeness (QED) is 0.259. The third-order valence-corrected chi connectivity index (χ3v) is 7.47.